The fourth-order valence-corrected chi connectivity index (χ4v) is 2.74. The van der Waals surface area contributed by atoms with E-state index in [0.717, 1.165) is 6.54 Å². The number of hydrogen-bond acceptors (Lipinski definition) is 1. The van der Waals surface area contributed by atoms with E-state index in [2.05, 4.69) is 41.3 Å². The molecule has 116 valence electrons. The van der Waals surface area contributed by atoms with Crippen LogP contribution in [0, 0.1) is 0 Å². The maximum absolute atomic E-state index is 14.1. The number of halogens is 1. The molecule has 0 aromatic heterocycles. The Morgan fingerprint density at radius 1 is 0.913 bits per heavy atom. The minimum atomic E-state index is -0.171. The molecule has 3 aromatic rings. The first-order chi connectivity index (χ1) is 11.2. The highest BCUT2D eigenvalue weighted by molar-refractivity contribution is 5.85. The first-order valence-corrected chi connectivity index (χ1v) is 7.80. The van der Waals surface area contributed by atoms with E-state index in [1.165, 1.54) is 16.3 Å². The van der Waals surface area contributed by atoms with Crippen molar-refractivity contribution in [3.8, 4) is 0 Å². The van der Waals surface area contributed by atoms with Crippen molar-refractivity contribution in [2.24, 2.45) is 0 Å². The van der Waals surface area contributed by atoms with Crippen LogP contribution in [0.5, 0.6) is 0 Å². The second-order valence-electron chi connectivity index (χ2n) is 5.75. The van der Waals surface area contributed by atoms with Crippen LogP contribution in [-0.4, -0.2) is 18.5 Å². The lowest BCUT2D eigenvalue weighted by molar-refractivity contribution is 0.364. The summed E-state index contributed by atoms with van der Waals surface area (Å²) < 4.78 is 14.1. The molecule has 0 radical (unpaired) electrons. The lowest BCUT2D eigenvalue weighted by Crippen LogP contribution is -2.18. The summed E-state index contributed by atoms with van der Waals surface area (Å²) >= 11 is 0. The van der Waals surface area contributed by atoms with E-state index in [-0.39, 0.29) is 5.83 Å². The van der Waals surface area contributed by atoms with Crippen LogP contribution < -0.4 is 0 Å². The van der Waals surface area contributed by atoms with Crippen molar-refractivity contribution in [2.45, 2.75) is 6.54 Å². The zero-order valence-electron chi connectivity index (χ0n) is 13.2. The standard InChI is InChI=1S/C21H20FN/c1-23(15-14-21(22)18-9-3-2-4-10-18)16-19-12-7-11-17-8-5-6-13-20(17)19/h2-14H,15-16H2,1H3/b21-14-. The Balaban J connectivity index is 1.71. The first-order valence-electron chi connectivity index (χ1n) is 7.80. The second-order valence-corrected chi connectivity index (χ2v) is 5.75. The summed E-state index contributed by atoms with van der Waals surface area (Å²) in [5.74, 6) is -0.171. The Bertz CT molecular complexity index is 803. The van der Waals surface area contributed by atoms with E-state index in [1.807, 2.05) is 31.3 Å². The average Bonchev–Trinajstić information content (AvgIpc) is 2.61. The van der Waals surface area contributed by atoms with Crippen molar-refractivity contribution in [3.63, 3.8) is 0 Å². The monoisotopic (exact) mass is 305 g/mol. The van der Waals surface area contributed by atoms with Crippen LogP contribution in [0.25, 0.3) is 16.6 Å². The van der Waals surface area contributed by atoms with Gasteiger partial charge in [-0.1, -0.05) is 72.8 Å². The molecule has 0 aliphatic heterocycles. The van der Waals surface area contributed by atoms with Crippen molar-refractivity contribution in [1.82, 2.24) is 4.90 Å². The van der Waals surface area contributed by atoms with Gasteiger partial charge in [-0.05, 0) is 29.5 Å². The number of benzene rings is 3. The quantitative estimate of drug-likeness (QED) is 0.619. The molecule has 23 heavy (non-hydrogen) atoms. The first kappa shape index (κ1) is 15.4. The molecule has 3 aromatic carbocycles. The molecule has 0 saturated heterocycles. The van der Waals surface area contributed by atoms with Crippen LogP contribution >= 0.6 is 0 Å². The van der Waals surface area contributed by atoms with Crippen molar-refractivity contribution >= 4 is 16.6 Å². The van der Waals surface area contributed by atoms with Crippen molar-refractivity contribution in [3.05, 3.63) is 90.0 Å². The molecular formula is C21H20FN. The summed E-state index contributed by atoms with van der Waals surface area (Å²) in [5.41, 5.74) is 1.89. The SMILES string of the molecule is CN(C/C=C(\F)c1ccccc1)Cc1cccc2ccccc12. The zero-order chi connectivity index (χ0) is 16.1. The van der Waals surface area contributed by atoms with Gasteiger partial charge in [0.25, 0.3) is 0 Å². The number of hydrogen-bond donors (Lipinski definition) is 0. The van der Waals surface area contributed by atoms with Gasteiger partial charge < -0.3 is 0 Å². The molecule has 3 rings (SSSR count). The highest BCUT2D eigenvalue weighted by atomic mass is 19.1. The molecule has 0 N–H and O–H groups in total. The van der Waals surface area contributed by atoms with Gasteiger partial charge in [0, 0.05) is 18.7 Å². The molecule has 0 amide bonds. The van der Waals surface area contributed by atoms with Gasteiger partial charge in [-0.3, -0.25) is 4.90 Å². The Labute approximate surface area is 136 Å². The van der Waals surface area contributed by atoms with Gasteiger partial charge in [-0.25, -0.2) is 4.39 Å². The zero-order valence-corrected chi connectivity index (χ0v) is 13.2. The third kappa shape index (κ3) is 3.85. The molecule has 0 aliphatic rings. The summed E-state index contributed by atoms with van der Waals surface area (Å²) in [5, 5.41) is 2.50. The van der Waals surface area contributed by atoms with Crippen LogP contribution in [0.2, 0.25) is 0 Å². The molecule has 2 heteroatoms. The van der Waals surface area contributed by atoms with Gasteiger partial charge in [0.2, 0.25) is 0 Å². The third-order valence-corrected chi connectivity index (χ3v) is 3.95. The van der Waals surface area contributed by atoms with E-state index in [9.17, 15) is 4.39 Å². The average molecular weight is 305 g/mol. The molecule has 1 nitrogen and oxygen atoms in total. The maximum atomic E-state index is 14.1. The van der Waals surface area contributed by atoms with Crippen LogP contribution in [0.15, 0.2) is 78.9 Å². The minimum Gasteiger partial charge on any atom is -0.298 e. The van der Waals surface area contributed by atoms with Crippen LogP contribution in [-0.2, 0) is 6.54 Å². The normalized spacial score (nSPS) is 12.0. The fourth-order valence-electron chi connectivity index (χ4n) is 2.74. The van der Waals surface area contributed by atoms with Crippen molar-refractivity contribution in [1.29, 1.82) is 0 Å². The summed E-state index contributed by atoms with van der Waals surface area (Å²) in [6, 6.07) is 23.9. The van der Waals surface area contributed by atoms with Crippen molar-refractivity contribution < 1.29 is 4.39 Å². The van der Waals surface area contributed by atoms with Crippen LogP contribution in [0.1, 0.15) is 11.1 Å². The van der Waals surface area contributed by atoms with E-state index in [0.29, 0.717) is 12.1 Å². The summed E-state index contributed by atoms with van der Waals surface area (Å²) in [4.78, 5) is 2.12. The topological polar surface area (TPSA) is 3.24 Å². The van der Waals surface area contributed by atoms with Gasteiger partial charge in [0.05, 0.1) is 0 Å². The van der Waals surface area contributed by atoms with Gasteiger partial charge in [-0.15, -0.1) is 0 Å². The number of fused-ring (bicyclic) bond motifs is 1. The predicted octanol–water partition coefficient (Wildman–Crippen LogP) is 5.28. The fraction of sp³-hybridized carbons (Fsp3) is 0.143. The lowest BCUT2D eigenvalue weighted by Gasteiger charge is -2.16. The Morgan fingerprint density at radius 2 is 1.61 bits per heavy atom. The highest BCUT2D eigenvalue weighted by Gasteiger charge is 2.05. The van der Waals surface area contributed by atoms with Gasteiger partial charge in [0.1, 0.15) is 5.83 Å². The molecular weight excluding hydrogens is 285 g/mol. The maximum Gasteiger partial charge on any atom is 0.127 e. The predicted molar refractivity (Wildman–Crippen MR) is 95.8 cm³/mol. The smallest absolute Gasteiger partial charge is 0.127 e. The molecule has 0 heterocycles. The van der Waals surface area contributed by atoms with E-state index < -0.39 is 0 Å². The number of nitrogens with zero attached hydrogens (tertiary/aromatic N) is 1. The Kier molecular flexibility index (Phi) is 4.84. The van der Waals surface area contributed by atoms with Crippen molar-refractivity contribution in [2.75, 3.05) is 13.6 Å². The Hall–Kier alpha value is -2.45. The molecule has 0 bridgehead atoms. The third-order valence-electron chi connectivity index (χ3n) is 3.95. The summed E-state index contributed by atoms with van der Waals surface area (Å²) in [6.45, 7) is 1.36. The van der Waals surface area contributed by atoms with Crippen LogP contribution in [0.4, 0.5) is 4.39 Å². The van der Waals surface area contributed by atoms with E-state index in [1.54, 1.807) is 18.2 Å². The number of likely N-dealkylation sites (N-methyl/N-ethyl adjacent to an activating group) is 1. The molecule has 0 unspecified atom stereocenters. The largest absolute Gasteiger partial charge is 0.298 e. The molecule has 0 spiro atoms. The van der Waals surface area contributed by atoms with E-state index >= 15 is 0 Å². The van der Waals surface area contributed by atoms with Gasteiger partial charge in [-0.2, -0.15) is 0 Å². The highest BCUT2D eigenvalue weighted by Crippen LogP contribution is 2.20. The minimum absolute atomic E-state index is 0.171. The summed E-state index contributed by atoms with van der Waals surface area (Å²) in [7, 11) is 2.01. The molecule has 0 aliphatic carbocycles. The Morgan fingerprint density at radius 3 is 2.43 bits per heavy atom. The van der Waals surface area contributed by atoms with E-state index in [4.69, 9.17) is 0 Å². The van der Waals surface area contributed by atoms with Gasteiger partial charge >= 0.3 is 0 Å². The van der Waals surface area contributed by atoms with Crippen LogP contribution in [0.3, 0.4) is 0 Å². The summed E-state index contributed by atoms with van der Waals surface area (Å²) in [6.07, 6.45) is 1.64. The van der Waals surface area contributed by atoms with Gasteiger partial charge in [0.15, 0.2) is 0 Å². The number of rotatable bonds is 5. The molecule has 0 atom stereocenters. The lowest BCUT2D eigenvalue weighted by atomic mass is 10.0. The molecule has 0 saturated carbocycles. The second kappa shape index (κ2) is 7.21. The molecule has 0 fully saturated rings.